The molecular weight excluding hydrogens is 313 g/mol. The van der Waals surface area contributed by atoms with Crippen LogP contribution in [0.4, 0.5) is 4.39 Å². The van der Waals surface area contributed by atoms with E-state index in [1.807, 2.05) is 0 Å². The van der Waals surface area contributed by atoms with E-state index in [0.29, 0.717) is 0 Å². The molecule has 1 aliphatic heterocycles. The molecule has 0 unspecified atom stereocenters. The number of nitrogens with zero attached hydrogens (tertiary/aromatic N) is 7. The molecule has 3 heterocycles. The summed E-state index contributed by atoms with van der Waals surface area (Å²) in [6.45, 7) is -0.714. The minimum atomic E-state index is -1.81. The molecule has 122 valence electrons. The number of aliphatic hydroxyl groups excluding tert-OH is 2. The van der Waals surface area contributed by atoms with Crippen LogP contribution in [0.25, 0.3) is 21.6 Å². The van der Waals surface area contributed by atoms with Crippen molar-refractivity contribution in [3.05, 3.63) is 22.8 Å². The highest BCUT2D eigenvalue weighted by molar-refractivity contribution is 5.76. The number of halogens is 1. The van der Waals surface area contributed by atoms with Gasteiger partial charge in [0.15, 0.2) is 16.9 Å². The fourth-order valence-corrected chi connectivity index (χ4v) is 2.47. The number of aliphatic hydroxyl groups is 2. The summed E-state index contributed by atoms with van der Waals surface area (Å²) < 4.78 is 25.3. The summed E-state index contributed by atoms with van der Waals surface area (Å²) in [6.07, 6.45) is -1.84. The molecule has 2 aromatic rings. The van der Waals surface area contributed by atoms with Crippen LogP contribution in [-0.2, 0) is 4.74 Å². The number of methoxy groups -OCH3 is 1. The summed E-state index contributed by atoms with van der Waals surface area (Å²) >= 11 is 0. The Morgan fingerprint density at radius 1 is 1.65 bits per heavy atom. The number of aromatic nitrogens is 4. The van der Waals surface area contributed by atoms with Gasteiger partial charge in [-0.05, 0) is 5.53 Å². The molecule has 0 bridgehead atoms. The minimum Gasteiger partial charge on any atom is -0.479 e. The lowest BCUT2D eigenvalue weighted by atomic mass is 10.1. The molecule has 1 aliphatic rings. The maximum absolute atomic E-state index is 13.5. The maximum Gasteiger partial charge on any atom is 0.314 e. The summed E-state index contributed by atoms with van der Waals surface area (Å²) in [4.78, 5) is 13.7. The molecule has 23 heavy (non-hydrogen) atoms. The van der Waals surface area contributed by atoms with Crippen LogP contribution < -0.4 is 4.74 Å². The number of ether oxygens (including phenoxy) is 2. The zero-order valence-corrected chi connectivity index (χ0v) is 11.9. The number of imidazole rings is 1. The summed E-state index contributed by atoms with van der Waals surface area (Å²) in [6, 6.07) is 0. The Kier molecular flexibility index (Phi) is 3.74. The fourth-order valence-electron chi connectivity index (χ4n) is 2.47. The molecule has 11 nitrogen and oxygen atoms in total. The van der Waals surface area contributed by atoms with E-state index in [0.717, 1.165) is 0 Å². The monoisotopic (exact) mass is 325 g/mol. The van der Waals surface area contributed by atoms with Gasteiger partial charge in [0.05, 0.1) is 26.1 Å². The van der Waals surface area contributed by atoms with E-state index in [4.69, 9.17) is 15.0 Å². The van der Waals surface area contributed by atoms with Crippen molar-refractivity contribution in [3.8, 4) is 5.88 Å². The van der Waals surface area contributed by atoms with E-state index in [2.05, 4.69) is 25.0 Å². The topological polar surface area (TPSA) is 151 Å². The van der Waals surface area contributed by atoms with Crippen molar-refractivity contribution in [2.24, 2.45) is 5.11 Å². The second-order valence-corrected chi connectivity index (χ2v) is 4.84. The Labute approximate surface area is 127 Å². The number of hydrogen-bond donors (Lipinski definition) is 2. The van der Waals surface area contributed by atoms with Crippen LogP contribution in [0, 0.1) is 6.08 Å². The molecule has 0 amide bonds. The molecule has 1 saturated heterocycles. The van der Waals surface area contributed by atoms with Crippen LogP contribution in [0.15, 0.2) is 11.4 Å². The van der Waals surface area contributed by atoms with Crippen LogP contribution in [0.2, 0.25) is 0 Å². The van der Waals surface area contributed by atoms with Gasteiger partial charge in [-0.1, -0.05) is 5.11 Å². The molecule has 0 spiro atoms. The van der Waals surface area contributed by atoms with E-state index in [1.165, 1.54) is 18.0 Å². The zero-order valence-electron chi connectivity index (χ0n) is 11.9. The first-order valence-electron chi connectivity index (χ1n) is 6.51. The van der Waals surface area contributed by atoms with E-state index in [-0.39, 0.29) is 23.5 Å². The van der Waals surface area contributed by atoms with Gasteiger partial charge in [0.1, 0.15) is 6.23 Å². The summed E-state index contributed by atoms with van der Waals surface area (Å²) in [5, 5.41) is 22.8. The maximum atomic E-state index is 13.5. The predicted octanol–water partition coefficient (Wildman–Crippen LogP) is 0.253. The van der Waals surface area contributed by atoms with Crippen molar-refractivity contribution in [1.29, 1.82) is 0 Å². The number of rotatable bonds is 4. The Bertz CT molecular complexity index is 792. The summed E-state index contributed by atoms with van der Waals surface area (Å²) in [5.74, 6) is -0.0479. The summed E-state index contributed by atoms with van der Waals surface area (Å²) in [7, 11) is 1.31. The largest absolute Gasteiger partial charge is 0.479 e. The predicted molar refractivity (Wildman–Crippen MR) is 71.5 cm³/mol. The first-order chi connectivity index (χ1) is 11.0. The molecule has 0 aliphatic carbocycles. The van der Waals surface area contributed by atoms with E-state index < -0.39 is 30.7 Å². The number of azide groups is 1. The van der Waals surface area contributed by atoms with Gasteiger partial charge in [-0.15, -0.1) is 0 Å². The minimum absolute atomic E-state index is 0.0149. The molecule has 3 atom stereocenters. The van der Waals surface area contributed by atoms with Crippen molar-refractivity contribution < 1.29 is 24.1 Å². The van der Waals surface area contributed by atoms with Gasteiger partial charge in [0.2, 0.25) is 5.88 Å². The van der Waals surface area contributed by atoms with Crippen LogP contribution in [0.3, 0.4) is 0 Å². The first kappa shape index (κ1) is 15.4. The smallest absolute Gasteiger partial charge is 0.314 e. The highest BCUT2D eigenvalue weighted by atomic mass is 19.1. The normalized spacial score (nSPS) is 27.1. The van der Waals surface area contributed by atoms with Crippen LogP contribution in [0.5, 0.6) is 5.88 Å². The van der Waals surface area contributed by atoms with E-state index in [1.54, 1.807) is 0 Å². The van der Waals surface area contributed by atoms with Gasteiger partial charge in [0, 0.05) is 11.3 Å². The highest BCUT2D eigenvalue weighted by Gasteiger charge is 2.48. The second-order valence-electron chi connectivity index (χ2n) is 4.84. The Morgan fingerprint density at radius 3 is 3.09 bits per heavy atom. The van der Waals surface area contributed by atoms with Gasteiger partial charge in [0.25, 0.3) is 0 Å². The average molecular weight is 325 g/mol. The molecular formula is C11H12FN7O4. The first-order valence-corrected chi connectivity index (χ1v) is 6.51. The quantitative estimate of drug-likeness (QED) is 0.354. The third kappa shape index (κ3) is 2.33. The van der Waals surface area contributed by atoms with Crippen molar-refractivity contribution in [2.45, 2.75) is 24.5 Å². The van der Waals surface area contributed by atoms with Gasteiger partial charge in [-0.2, -0.15) is 14.4 Å². The lowest BCUT2D eigenvalue weighted by Gasteiger charge is -2.24. The van der Waals surface area contributed by atoms with Crippen molar-refractivity contribution in [3.63, 3.8) is 0 Å². The van der Waals surface area contributed by atoms with Gasteiger partial charge in [-0.25, -0.2) is 4.98 Å². The average Bonchev–Trinajstić information content (AvgIpc) is 3.09. The van der Waals surface area contributed by atoms with Gasteiger partial charge >= 0.3 is 6.08 Å². The molecule has 0 radical (unpaired) electrons. The van der Waals surface area contributed by atoms with E-state index >= 15 is 0 Å². The standard InChI is InChI=1S/C11H12FN7O4/c1-22-9-7-8(15-10(12)16-9)19(4-14-7)6-2-5(21)11(3-20,23-6)17-18-13/h4-6,20-21H,2-3H2,1H3/t5-,6+,11+/m0/s1. The zero-order chi connectivity index (χ0) is 16.6. The lowest BCUT2D eigenvalue weighted by molar-refractivity contribution is -0.122. The third-order valence-electron chi connectivity index (χ3n) is 3.59. The molecule has 1 fully saturated rings. The molecule has 0 aromatic carbocycles. The Morgan fingerprint density at radius 2 is 2.43 bits per heavy atom. The lowest BCUT2D eigenvalue weighted by Crippen LogP contribution is -2.40. The fraction of sp³-hybridized carbons (Fsp3) is 0.545. The molecule has 12 heteroatoms. The van der Waals surface area contributed by atoms with Crippen molar-refractivity contribution in [2.75, 3.05) is 13.7 Å². The van der Waals surface area contributed by atoms with Crippen molar-refractivity contribution in [1.82, 2.24) is 19.5 Å². The molecule has 3 rings (SSSR count). The SMILES string of the molecule is COc1nc(F)nc2c1ncn2[C@H]1C[C@H](O)[C@](CO)(N=[N+]=[N-])O1. The van der Waals surface area contributed by atoms with Gasteiger partial charge in [-0.3, -0.25) is 4.57 Å². The third-order valence-corrected chi connectivity index (χ3v) is 3.59. The molecule has 0 saturated carbocycles. The number of hydrogen-bond acceptors (Lipinski definition) is 8. The Balaban J connectivity index is 2.05. The highest BCUT2D eigenvalue weighted by Crippen LogP contribution is 2.39. The number of fused-ring (bicyclic) bond motifs is 1. The van der Waals surface area contributed by atoms with Crippen LogP contribution >= 0.6 is 0 Å². The van der Waals surface area contributed by atoms with E-state index in [9.17, 15) is 14.6 Å². The molecule has 2 N–H and O–H groups in total. The Hall–Kier alpha value is -2.53. The summed E-state index contributed by atoms with van der Waals surface area (Å²) in [5.41, 5.74) is 7.06. The van der Waals surface area contributed by atoms with Gasteiger partial charge < -0.3 is 19.7 Å². The second kappa shape index (κ2) is 5.59. The van der Waals surface area contributed by atoms with Crippen LogP contribution in [-0.4, -0.2) is 55.3 Å². The van der Waals surface area contributed by atoms with Crippen molar-refractivity contribution >= 4 is 11.2 Å². The molecule has 2 aromatic heterocycles. The van der Waals surface area contributed by atoms with Crippen LogP contribution in [0.1, 0.15) is 12.6 Å².